The molecule has 2 aromatic carbocycles. The normalized spacial score (nSPS) is 14.8. The first-order valence-corrected chi connectivity index (χ1v) is 9.28. The van der Waals surface area contributed by atoms with Crippen LogP contribution in [0.15, 0.2) is 29.4 Å². The Balaban J connectivity index is 1.80. The van der Waals surface area contributed by atoms with Crippen molar-refractivity contribution in [1.29, 1.82) is 0 Å². The number of hydrogen-bond donors (Lipinski definition) is 1. The maximum absolute atomic E-state index is 14.7. The fraction of sp³-hybridized carbons (Fsp3) is 0.300. The number of hydrazone groups is 1. The molecule has 29 heavy (non-hydrogen) atoms. The summed E-state index contributed by atoms with van der Waals surface area (Å²) in [5.41, 5.74) is 4.10. The molecule has 0 aliphatic carbocycles. The highest BCUT2D eigenvalue weighted by Crippen LogP contribution is 2.25. The minimum Gasteiger partial charge on any atom is -0.378 e. The molecule has 1 aliphatic rings. The Hall–Kier alpha value is -2.58. The highest BCUT2D eigenvalue weighted by atomic mass is 35.5. The first-order chi connectivity index (χ1) is 13.8. The van der Waals surface area contributed by atoms with Crippen molar-refractivity contribution in [3.05, 3.63) is 63.4 Å². The lowest BCUT2D eigenvalue weighted by atomic mass is 10.0. The lowest BCUT2D eigenvalue weighted by molar-refractivity contribution is 0.0954. The van der Waals surface area contributed by atoms with Gasteiger partial charge in [-0.2, -0.15) is 5.10 Å². The van der Waals surface area contributed by atoms with E-state index in [2.05, 4.69) is 10.5 Å². The van der Waals surface area contributed by atoms with E-state index in [1.54, 1.807) is 13.0 Å². The van der Waals surface area contributed by atoms with Crippen LogP contribution in [-0.4, -0.2) is 37.9 Å². The van der Waals surface area contributed by atoms with Gasteiger partial charge in [0.25, 0.3) is 5.91 Å². The molecule has 1 saturated heterocycles. The zero-order chi connectivity index (χ0) is 21.1. The van der Waals surface area contributed by atoms with E-state index in [1.165, 1.54) is 6.07 Å². The molecule has 0 aromatic heterocycles. The number of carbonyl (C=O) groups is 1. The molecule has 2 aromatic rings. The molecular weight excluding hydrogens is 407 g/mol. The molecule has 0 atom stereocenters. The van der Waals surface area contributed by atoms with Crippen LogP contribution in [-0.2, 0) is 4.74 Å². The van der Waals surface area contributed by atoms with Gasteiger partial charge in [0.2, 0.25) is 0 Å². The lowest BCUT2D eigenvalue weighted by Crippen LogP contribution is -2.36. The number of carbonyl (C=O) groups excluding carboxylic acids is 1. The van der Waals surface area contributed by atoms with Crippen LogP contribution in [0.2, 0.25) is 5.02 Å². The van der Waals surface area contributed by atoms with Crippen molar-refractivity contribution in [2.24, 2.45) is 5.10 Å². The number of nitrogens with one attached hydrogen (secondary N) is 1. The zero-order valence-corrected chi connectivity index (χ0v) is 16.6. The minimum atomic E-state index is -1.20. The van der Waals surface area contributed by atoms with E-state index in [4.69, 9.17) is 16.3 Å². The van der Waals surface area contributed by atoms with Gasteiger partial charge in [0, 0.05) is 18.7 Å². The number of ether oxygens (including phenoxy) is 1. The molecule has 1 N–H and O–H groups in total. The van der Waals surface area contributed by atoms with Gasteiger partial charge >= 0.3 is 0 Å². The third-order valence-electron chi connectivity index (χ3n) is 4.62. The maximum atomic E-state index is 14.7. The van der Waals surface area contributed by atoms with Gasteiger partial charge in [-0.3, -0.25) is 4.79 Å². The number of benzene rings is 2. The van der Waals surface area contributed by atoms with Crippen molar-refractivity contribution in [2.75, 3.05) is 31.2 Å². The quantitative estimate of drug-likeness (QED) is 0.456. The molecule has 3 rings (SSSR count). The second-order valence-corrected chi connectivity index (χ2v) is 7.01. The smallest absolute Gasteiger partial charge is 0.272 e. The van der Waals surface area contributed by atoms with E-state index in [0.29, 0.717) is 55.4 Å². The summed E-state index contributed by atoms with van der Waals surface area (Å²) in [6, 6.07) is 4.49. The van der Waals surface area contributed by atoms with Crippen LogP contribution in [0.5, 0.6) is 0 Å². The summed E-state index contributed by atoms with van der Waals surface area (Å²) >= 11 is 5.79. The van der Waals surface area contributed by atoms with E-state index in [1.807, 2.05) is 11.8 Å². The second-order valence-electron chi connectivity index (χ2n) is 6.60. The average Bonchev–Trinajstić information content (AvgIpc) is 2.70. The van der Waals surface area contributed by atoms with E-state index >= 15 is 0 Å². The van der Waals surface area contributed by atoms with Crippen molar-refractivity contribution < 1.29 is 22.7 Å². The Morgan fingerprint density at radius 3 is 2.38 bits per heavy atom. The summed E-state index contributed by atoms with van der Waals surface area (Å²) in [4.78, 5) is 14.1. The molecule has 154 valence electrons. The van der Waals surface area contributed by atoms with Crippen LogP contribution in [0, 0.1) is 24.4 Å². The van der Waals surface area contributed by atoms with E-state index < -0.39 is 23.4 Å². The number of nitrogens with zero attached hydrogens (tertiary/aromatic N) is 2. The van der Waals surface area contributed by atoms with Gasteiger partial charge in [-0.1, -0.05) is 11.6 Å². The number of morpholine rings is 1. The molecule has 1 heterocycles. The Kier molecular flexibility index (Phi) is 6.44. The van der Waals surface area contributed by atoms with E-state index in [-0.39, 0.29) is 10.6 Å². The number of hydrogen-bond acceptors (Lipinski definition) is 4. The van der Waals surface area contributed by atoms with Crippen LogP contribution < -0.4 is 10.3 Å². The third-order valence-corrected chi connectivity index (χ3v) is 4.93. The predicted octanol–water partition coefficient (Wildman–Crippen LogP) is 4.06. The topological polar surface area (TPSA) is 53.9 Å². The minimum absolute atomic E-state index is 0.244. The summed E-state index contributed by atoms with van der Waals surface area (Å²) in [5.74, 6) is -3.57. The van der Waals surface area contributed by atoms with Gasteiger partial charge in [-0.15, -0.1) is 0 Å². The molecule has 0 radical (unpaired) electrons. The molecule has 0 unspecified atom stereocenters. The molecule has 9 heteroatoms. The van der Waals surface area contributed by atoms with Crippen molar-refractivity contribution >= 4 is 28.9 Å². The summed E-state index contributed by atoms with van der Waals surface area (Å²) in [6.45, 7) is 5.70. The summed E-state index contributed by atoms with van der Waals surface area (Å²) in [5, 5.41) is 3.71. The summed E-state index contributed by atoms with van der Waals surface area (Å²) in [6.07, 6.45) is 0. The van der Waals surface area contributed by atoms with E-state index in [0.717, 1.165) is 5.56 Å². The van der Waals surface area contributed by atoms with E-state index in [9.17, 15) is 18.0 Å². The Morgan fingerprint density at radius 1 is 1.07 bits per heavy atom. The van der Waals surface area contributed by atoms with Gasteiger partial charge in [-0.25, -0.2) is 18.6 Å². The number of anilines is 1. The SMILES string of the molecule is C/C(=N\NC(=O)c1cc(F)c(F)cc1Cl)c1cc(F)c(N2CCOCC2)cc1C. The third kappa shape index (κ3) is 4.71. The van der Waals surface area contributed by atoms with Crippen molar-refractivity contribution in [1.82, 2.24) is 5.43 Å². The van der Waals surface area contributed by atoms with Gasteiger partial charge in [0.1, 0.15) is 5.82 Å². The van der Waals surface area contributed by atoms with Crippen LogP contribution in [0.4, 0.5) is 18.9 Å². The van der Waals surface area contributed by atoms with Crippen molar-refractivity contribution in [2.45, 2.75) is 13.8 Å². The number of amides is 1. The molecule has 1 aliphatic heterocycles. The molecule has 5 nitrogen and oxygen atoms in total. The van der Waals surface area contributed by atoms with Crippen LogP contribution in [0.1, 0.15) is 28.4 Å². The molecule has 1 amide bonds. The molecular formula is C20H19ClF3N3O2. The second kappa shape index (κ2) is 8.84. The Morgan fingerprint density at radius 2 is 1.69 bits per heavy atom. The predicted molar refractivity (Wildman–Crippen MR) is 105 cm³/mol. The van der Waals surface area contributed by atoms with Crippen LogP contribution in [0.25, 0.3) is 0 Å². The van der Waals surface area contributed by atoms with Crippen LogP contribution in [0.3, 0.4) is 0 Å². The fourth-order valence-electron chi connectivity index (χ4n) is 3.05. The number of halogens is 4. The molecule has 0 spiro atoms. The summed E-state index contributed by atoms with van der Waals surface area (Å²) < 4.78 is 46.5. The maximum Gasteiger partial charge on any atom is 0.272 e. The van der Waals surface area contributed by atoms with Gasteiger partial charge in [0.15, 0.2) is 11.6 Å². The zero-order valence-electron chi connectivity index (χ0n) is 15.9. The number of rotatable bonds is 4. The van der Waals surface area contributed by atoms with Crippen molar-refractivity contribution in [3.63, 3.8) is 0 Å². The first kappa shape index (κ1) is 21.1. The van der Waals surface area contributed by atoms with Gasteiger partial charge in [0.05, 0.1) is 35.2 Å². The van der Waals surface area contributed by atoms with Gasteiger partial charge < -0.3 is 9.64 Å². The lowest BCUT2D eigenvalue weighted by Gasteiger charge is -2.29. The molecule has 1 fully saturated rings. The standard InChI is InChI=1S/C20H19ClF3N3O2/c1-11-7-19(27-3-5-29-6-4-27)18(24)8-13(11)12(2)25-26-20(28)14-9-16(22)17(23)10-15(14)21/h7-10H,3-6H2,1-2H3,(H,26,28)/b25-12+. The molecule has 0 bridgehead atoms. The number of aryl methyl sites for hydroxylation is 1. The average molecular weight is 426 g/mol. The van der Waals surface area contributed by atoms with Crippen LogP contribution >= 0.6 is 11.6 Å². The first-order valence-electron chi connectivity index (χ1n) is 8.90. The van der Waals surface area contributed by atoms with Crippen molar-refractivity contribution in [3.8, 4) is 0 Å². The Bertz CT molecular complexity index is 976. The highest BCUT2D eigenvalue weighted by molar-refractivity contribution is 6.33. The van der Waals surface area contributed by atoms with Gasteiger partial charge in [-0.05, 0) is 43.7 Å². The fourth-order valence-corrected chi connectivity index (χ4v) is 3.29. The largest absolute Gasteiger partial charge is 0.378 e. The Labute approximate surface area is 171 Å². The molecule has 0 saturated carbocycles. The highest BCUT2D eigenvalue weighted by Gasteiger charge is 2.18. The monoisotopic (exact) mass is 425 g/mol. The summed E-state index contributed by atoms with van der Waals surface area (Å²) in [7, 11) is 0.